The molecule has 0 aromatic heterocycles. The standard InChI is InChI=1S/C22H42O2.C6H12O6/c1-2-3-4-5-6-7-8-9-10-11-12-13-14-15-16-17-18-19-20-21-22(23)24;7-1-3(9)5(11)6(12)4(10)2-8/h9-10H,2-8,11-21H2,1H3,(H,23,24);3,5-9,11-12H,1-2H2/b10-9-;/t;3-,5-,6-/m.1/s1. The van der Waals surface area contributed by atoms with E-state index in [0.717, 1.165) is 12.8 Å². The fourth-order valence-electron chi connectivity index (χ4n) is 3.66. The van der Waals surface area contributed by atoms with E-state index in [2.05, 4.69) is 19.1 Å². The van der Waals surface area contributed by atoms with Crippen LogP contribution in [0, 0.1) is 0 Å². The minimum atomic E-state index is -1.86. The summed E-state index contributed by atoms with van der Waals surface area (Å²) in [4.78, 5) is 20.9. The van der Waals surface area contributed by atoms with E-state index >= 15 is 0 Å². The number of aliphatic carboxylic acids is 1. The minimum Gasteiger partial charge on any atom is -0.481 e. The molecule has 36 heavy (non-hydrogen) atoms. The number of carbonyl (C=O) groups is 2. The summed E-state index contributed by atoms with van der Waals surface area (Å²) in [7, 11) is 0. The molecule has 8 nitrogen and oxygen atoms in total. The minimum absolute atomic E-state index is 0.340. The van der Waals surface area contributed by atoms with Crippen molar-refractivity contribution in [1.29, 1.82) is 0 Å². The Hall–Kier alpha value is -1.32. The Kier molecular flexibility index (Phi) is 28.9. The summed E-state index contributed by atoms with van der Waals surface area (Å²) in [5, 5.41) is 51.6. The van der Waals surface area contributed by atoms with E-state index in [-0.39, 0.29) is 0 Å². The molecule has 0 saturated carbocycles. The molecule has 0 aromatic rings. The molecule has 0 spiro atoms. The van der Waals surface area contributed by atoms with Gasteiger partial charge >= 0.3 is 5.97 Å². The molecule has 6 N–H and O–H groups in total. The first kappa shape index (κ1) is 36.8. The molecule has 0 aliphatic heterocycles. The molecule has 0 heterocycles. The third-order valence-electron chi connectivity index (χ3n) is 6.04. The predicted octanol–water partition coefficient (Wildman–Crippen LogP) is 4.29. The molecular formula is C28H54O8. The fourth-order valence-corrected chi connectivity index (χ4v) is 3.66. The molecule has 0 aliphatic rings. The highest BCUT2D eigenvalue weighted by molar-refractivity contribution is 5.84. The number of Topliss-reactive ketones (excluding diaryl/α,β-unsaturated/α-hetero) is 1. The third kappa shape index (κ3) is 25.8. The Bertz CT molecular complexity index is 524. The van der Waals surface area contributed by atoms with Crippen molar-refractivity contribution >= 4 is 11.8 Å². The van der Waals surface area contributed by atoms with Gasteiger partial charge in [-0.05, 0) is 32.1 Å². The summed E-state index contributed by atoms with van der Waals surface area (Å²) >= 11 is 0. The smallest absolute Gasteiger partial charge is 0.303 e. The van der Waals surface area contributed by atoms with Crippen molar-refractivity contribution in [1.82, 2.24) is 0 Å². The van der Waals surface area contributed by atoms with Gasteiger partial charge in [0, 0.05) is 6.42 Å². The van der Waals surface area contributed by atoms with Crippen molar-refractivity contribution in [2.45, 2.75) is 141 Å². The van der Waals surface area contributed by atoms with Crippen LogP contribution in [0.3, 0.4) is 0 Å². The average Bonchev–Trinajstić information content (AvgIpc) is 2.88. The van der Waals surface area contributed by atoms with Gasteiger partial charge in [-0.25, -0.2) is 0 Å². The molecule has 0 saturated heterocycles. The van der Waals surface area contributed by atoms with Crippen LogP contribution in [0.15, 0.2) is 12.2 Å². The van der Waals surface area contributed by atoms with Gasteiger partial charge in [0.05, 0.1) is 6.61 Å². The highest BCUT2D eigenvalue weighted by Gasteiger charge is 2.28. The van der Waals surface area contributed by atoms with Gasteiger partial charge in [0.25, 0.3) is 0 Å². The number of carbonyl (C=O) groups excluding carboxylic acids is 1. The Balaban J connectivity index is 0. The molecule has 8 heteroatoms. The van der Waals surface area contributed by atoms with Crippen molar-refractivity contribution in [2.24, 2.45) is 0 Å². The molecule has 0 bridgehead atoms. The van der Waals surface area contributed by atoms with Crippen LogP contribution in [-0.4, -0.2) is 73.9 Å². The highest BCUT2D eigenvalue weighted by Crippen LogP contribution is 2.12. The van der Waals surface area contributed by atoms with Crippen molar-refractivity contribution in [3.8, 4) is 0 Å². The second kappa shape index (κ2) is 28.3. The lowest BCUT2D eigenvalue weighted by atomic mass is 10.1. The SMILES string of the molecule is CCCCCCCC/C=C\CCCCCCCCCCCC(=O)O.O=C(CO)[C@@H](O)[C@H](O)[C@H](O)CO. The van der Waals surface area contributed by atoms with Crippen LogP contribution >= 0.6 is 0 Å². The molecule has 0 rings (SSSR count). The second-order valence-corrected chi connectivity index (χ2v) is 9.45. The lowest BCUT2D eigenvalue weighted by Crippen LogP contribution is -2.44. The van der Waals surface area contributed by atoms with Crippen LogP contribution < -0.4 is 0 Å². The van der Waals surface area contributed by atoms with Crippen LogP contribution in [0.1, 0.15) is 122 Å². The van der Waals surface area contributed by atoms with Gasteiger partial charge in [0.15, 0.2) is 5.78 Å². The second-order valence-electron chi connectivity index (χ2n) is 9.45. The molecule has 3 atom stereocenters. The van der Waals surface area contributed by atoms with Gasteiger partial charge in [-0.3, -0.25) is 9.59 Å². The van der Waals surface area contributed by atoms with E-state index < -0.39 is 43.3 Å². The van der Waals surface area contributed by atoms with Crippen LogP contribution in [0.25, 0.3) is 0 Å². The van der Waals surface area contributed by atoms with E-state index in [1.54, 1.807) is 0 Å². The first-order valence-electron chi connectivity index (χ1n) is 14.0. The fraction of sp³-hybridized carbons (Fsp3) is 0.857. The lowest BCUT2D eigenvalue weighted by molar-refractivity contribution is -0.142. The summed E-state index contributed by atoms with van der Waals surface area (Å²) in [6.45, 7) is 0.585. The monoisotopic (exact) mass is 518 g/mol. The van der Waals surface area contributed by atoms with Gasteiger partial charge in [-0.15, -0.1) is 0 Å². The molecule has 0 unspecified atom stereocenters. The summed E-state index contributed by atoms with van der Waals surface area (Å²) in [6, 6.07) is 0. The third-order valence-corrected chi connectivity index (χ3v) is 6.04. The summed E-state index contributed by atoms with van der Waals surface area (Å²) in [5.41, 5.74) is 0. The number of aliphatic hydroxyl groups excluding tert-OH is 5. The largest absolute Gasteiger partial charge is 0.481 e. The number of hydrogen-bond acceptors (Lipinski definition) is 7. The first-order chi connectivity index (χ1) is 17.3. The summed E-state index contributed by atoms with van der Waals surface area (Å²) in [6.07, 6.45) is 21.9. The number of hydrogen-bond donors (Lipinski definition) is 6. The molecule has 0 radical (unpaired) electrons. The zero-order chi connectivity index (χ0) is 27.4. The number of carboxylic acids is 1. The van der Waals surface area contributed by atoms with Gasteiger partial charge in [0.1, 0.15) is 24.9 Å². The Morgan fingerprint density at radius 2 is 1.08 bits per heavy atom. The molecule has 0 amide bonds. The van der Waals surface area contributed by atoms with E-state index in [1.807, 2.05) is 0 Å². The number of allylic oxidation sites excluding steroid dienone is 2. The molecule has 0 aromatic carbocycles. The predicted molar refractivity (Wildman–Crippen MR) is 143 cm³/mol. The van der Waals surface area contributed by atoms with Gasteiger partial charge in [-0.2, -0.15) is 0 Å². The van der Waals surface area contributed by atoms with Gasteiger partial charge in [0.2, 0.25) is 0 Å². The number of unbranched alkanes of at least 4 members (excludes halogenated alkanes) is 15. The maximum atomic E-state index is 10.5. The molecule has 214 valence electrons. The van der Waals surface area contributed by atoms with Crippen molar-refractivity contribution in [3.63, 3.8) is 0 Å². The van der Waals surface area contributed by atoms with Gasteiger partial charge in [-0.1, -0.05) is 96.1 Å². The van der Waals surface area contributed by atoms with E-state index in [9.17, 15) is 9.59 Å². The molecular weight excluding hydrogens is 464 g/mol. The summed E-state index contributed by atoms with van der Waals surface area (Å²) in [5.74, 6) is -1.66. The molecule has 0 fully saturated rings. The van der Waals surface area contributed by atoms with Crippen LogP contribution in [0.4, 0.5) is 0 Å². The van der Waals surface area contributed by atoms with E-state index in [4.69, 9.17) is 30.6 Å². The Labute approximate surface area is 218 Å². The maximum Gasteiger partial charge on any atom is 0.303 e. The highest BCUT2D eigenvalue weighted by atomic mass is 16.4. The van der Waals surface area contributed by atoms with Crippen LogP contribution in [-0.2, 0) is 9.59 Å². The number of rotatable bonds is 24. The number of carboxylic acid groups (broad SMARTS) is 1. The Morgan fingerprint density at radius 3 is 1.47 bits per heavy atom. The normalized spacial score (nSPS) is 13.7. The zero-order valence-corrected chi connectivity index (χ0v) is 22.5. The quantitative estimate of drug-likeness (QED) is 0.0816. The number of aliphatic hydroxyl groups is 5. The van der Waals surface area contributed by atoms with Crippen molar-refractivity contribution in [2.75, 3.05) is 13.2 Å². The maximum absolute atomic E-state index is 10.5. The van der Waals surface area contributed by atoms with E-state index in [0.29, 0.717) is 6.42 Å². The summed E-state index contributed by atoms with van der Waals surface area (Å²) < 4.78 is 0. The number of ketones is 1. The van der Waals surface area contributed by atoms with Gasteiger partial charge < -0.3 is 30.6 Å². The van der Waals surface area contributed by atoms with Crippen molar-refractivity contribution < 1.29 is 40.2 Å². The molecule has 0 aliphatic carbocycles. The first-order valence-corrected chi connectivity index (χ1v) is 14.0. The van der Waals surface area contributed by atoms with Crippen molar-refractivity contribution in [3.05, 3.63) is 12.2 Å². The average molecular weight is 519 g/mol. The van der Waals surface area contributed by atoms with E-state index in [1.165, 1.54) is 96.3 Å². The topological polar surface area (TPSA) is 156 Å². The van der Waals surface area contributed by atoms with Crippen LogP contribution in [0.2, 0.25) is 0 Å². The zero-order valence-electron chi connectivity index (χ0n) is 22.5. The lowest BCUT2D eigenvalue weighted by Gasteiger charge is -2.19. The van der Waals surface area contributed by atoms with Crippen LogP contribution in [0.5, 0.6) is 0 Å². The Morgan fingerprint density at radius 1 is 0.667 bits per heavy atom.